The van der Waals surface area contributed by atoms with E-state index in [-0.39, 0.29) is 5.54 Å². The first kappa shape index (κ1) is 12.1. The van der Waals surface area contributed by atoms with E-state index in [1.807, 2.05) is 0 Å². The van der Waals surface area contributed by atoms with E-state index in [1.54, 1.807) is 0 Å². The third-order valence-corrected chi connectivity index (χ3v) is 3.73. The second-order valence-corrected chi connectivity index (χ2v) is 5.43. The molecule has 0 bridgehead atoms. The lowest BCUT2D eigenvalue weighted by molar-refractivity contribution is -0.0691. The van der Waals surface area contributed by atoms with E-state index in [0.29, 0.717) is 24.8 Å². The molecule has 1 aliphatic carbocycles. The van der Waals surface area contributed by atoms with Gasteiger partial charge in [-0.05, 0) is 39.5 Å². The number of rotatable bonds is 3. The highest BCUT2D eigenvalue weighted by Gasteiger charge is 2.38. The predicted octanol–water partition coefficient (Wildman–Crippen LogP) is 1.58. The van der Waals surface area contributed by atoms with Crippen LogP contribution < -0.4 is 11.1 Å². The monoisotopic (exact) mass is 224 g/mol. The molecule has 0 aromatic rings. The summed E-state index contributed by atoms with van der Waals surface area (Å²) in [5.41, 5.74) is 6.09. The van der Waals surface area contributed by atoms with Crippen LogP contribution in [0.1, 0.15) is 39.5 Å². The Kier molecular flexibility index (Phi) is 3.67. The van der Waals surface area contributed by atoms with Crippen molar-refractivity contribution in [3.05, 3.63) is 12.2 Å². The van der Waals surface area contributed by atoms with Gasteiger partial charge in [-0.15, -0.1) is 0 Å². The molecule has 2 unspecified atom stereocenters. The maximum Gasteiger partial charge on any atom is 0.0568 e. The molecule has 1 fully saturated rings. The quantitative estimate of drug-likeness (QED) is 0.716. The van der Waals surface area contributed by atoms with E-state index in [0.717, 1.165) is 25.7 Å². The molecule has 0 radical (unpaired) electrons. The van der Waals surface area contributed by atoms with Gasteiger partial charge in [0.05, 0.1) is 12.2 Å². The summed E-state index contributed by atoms with van der Waals surface area (Å²) >= 11 is 0. The lowest BCUT2D eigenvalue weighted by Gasteiger charge is -2.44. The largest absolute Gasteiger partial charge is 0.375 e. The summed E-state index contributed by atoms with van der Waals surface area (Å²) in [5.74, 6) is 0. The Bertz CT molecular complexity index is 247. The van der Waals surface area contributed by atoms with E-state index >= 15 is 0 Å². The SMILES string of the molecule is CC1CC(CN)(NC2CC=CC2)CC(C)O1. The number of hydrogen-bond donors (Lipinski definition) is 2. The summed E-state index contributed by atoms with van der Waals surface area (Å²) in [5, 5.41) is 3.77. The van der Waals surface area contributed by atoms with E-state index in [2.05, 4.69) is 31.3 Å². The van der Waals surface area contributed by atoms with Crippen molar-refractivity contribution in [3.8, 4) is 0 Å². The third kappa shape index (κ3) is 2.65. The third-order valence-electron chi connectivity index (χ3n) is 3.73. The molecule has 2 aliphatic rings. The van der Waals surface area contributed by atoms with Crippen LogP contribution in [-0.4, -0.2) is 30.3 Å². The maximum atomic E-state index is 6.00. The Morgan fingerprint density at radius 2 is 1.81 bits per heavy atom. The van der Waals surface area contributed by atoms with Crippen molar-refractivity contribution in [2.45, 2.75) is 63.3 Å². The van der Waals surface area contributed by atoms with Crippen molar-refractivity contribution in [1.82, 2.24) is 5.32 Å². The van der Waals surface area contributed by atoms with Crippen LogP contribution >= 0.6 is 0 Å². The van der Waals surface area contributed by atoms with E-state index in [1.165, 1.54) is 0 Å². The molecule has 0 aromatic carbocycles. The zero-order chi connectivity index (χ0) is 11.6. The first-order chi connectivity index (χ1) is 7.63. The van der Waals surface area contributed by atoms with E-state index in [4.69, 9.17) is 10.5 Å². The number of nitrogens with two attached hydrogens (primary N) is 1. The van der Waals surface area contributed by atoms with Crippen molar-refractivity contribution < 1.29 is 4.74 Å². The summed E-state index contributed by atoms with van der Waals surface area (Å²) in [4.78, 5) is 0. The number of nitrogens with one attached hydrogen (secondary N) is 1. The lowest BCUT2D eigenvalue weighted by atomic mass is 9.83. The Morgan fingerprint density at radius 3 is 2.31 bits per heavy atom. The van der Waals surface area contributed by atoms with Gasteiger partial charge in [-0.3, -0.25) is 0 Å². The van der Waals surface area contributed by atoms with E-state index < -0.39 is 0 Å². The molecule has 1 aliphatic heterocycles. The van der Waals surface area contributed by atoms with Gasteiger partial charge in [0.2, 0.25) is 0 Å². The highest BCUT2D eigenvalue weighted by Crippen LogP contribution is 2.29. The molecule has 1 heterocycles. The van der Waals surface area contributed by atoms with Gasteiger partial charge < -0.3 is 15.8 Å². The fourth-order valence-electron chi connectivity index (χ4n) is 3.19. The van der Waals surface area contributed by atoms with Crippen LogP contribution in [0.2, 0.25) is 0 Å². The minimum Gasteiger partial charge on any atom is -0.375 e. The van der Waals surface area contributed by atoms with Crippen molar-refractivity contribution in [3.63, 3.8) is 0 Å². The Balaban J connectivity index is 1.99. The molecule has 2 rings (SSSR count). The minimum atomic E-state index is 0.0910. The van der Waals surface area contributed by atoms with Gasteiger partial charge in [0.25, 0.3) is 0 Å². The second-order valence-electron chi connectivity index (χ2n) is 5.43. The van der Waals surface area contributed by atoms with Crippen LogP contribution in [0.15, 0.2) is 12.2 Å². The van der Waals surface area contributed by atoms with E-state index in [9.17, 15) is 0 Å². The average Bonchev–Trinajstić information content (AvgIpc) is 2.68. The highest BCUT2D eigenvalue weighted by atomic mass is 16.5. The highest BCUT2D eigenvalue weighted by molar-refractivity contribution is 5.04. The molecule has 2 atom stereocenters. The second kappa shape index (κ2) is 4.86. The van der Waals surface area contributed by atoms with Crippen molar-refractivity contribution >= 4 is 0 Å². The van der Waals surface area contributed by atoms with Crippen LogP contribution in [0.4, 0.5) is 0 Å². The van der Waals surface area contributed by atoms with Crippen LogP contribution in [0, 0.1) is 0 Å². The molecule has 0 saturated carbocycles. The van der Waals surface area contributed by atoms with Crippen LogP contribution in [0.25, 0.3) is 0 Å². The first-order valence-electron chi connectivity index (χ1n) is 6.42. The molecular weight excluding hydrogens is 200 g/mol. The van der Waals surface area contributed by atoms with Gasteiger partial charge in [0.1, 0.15) is 0 Å². The van der Waals surface area contributed by atoms with Gasteiger partial charge >= 0.3 is 0 Å². The molecule has 0 spiro atoms. The van der Waals surface area contributed by atoms with Crippen molar-refractivity contribution in [2.24, 2.45) is 5.73 Å². The Hall–Kier alpha value is -0.380. The summed E-state index contributed by atoms with van der Waals surface area (Å²) in [6.07, 6.45) is 9.50. The zero-order valence-corrected chi connectivity index (χ0v) is 10.4. The smallest absolute Gasteiger partial charge is 0.0568 e. The summed E-state index contributed by atoms with van der Waals surface area (Å²) in [6, 6.07) is 0.584. The Morgan fingerprint density at radius 1 is 1.25 bits per heavy atom. The maximum absolute atomic E-state index is 6.00. The van der Waals surface area contributed by atoms with Crippen LogP contribution in [-0.2, 0) is 4.74 Å². The molecular formula is C13H24N2O. The van der Waals surface area contributed by atoms with Crippen molar-refractivity contribution in [2.75, 3.05) is 6.54 Å². The topological polar surface area (TPSA) is 47.3 Å². The zero-order valence-electron chi connectivity index (χ0n) is 10.4. The Labute approximate surface area is 98.4 Å². The summed E-state index contributed by atoms with van der Waals surface area (Å²) in [6.45, 7) is 5.00. The van der Waals surface area contributed by atoms with Gasteiger partial charge in [-0.1, -0.05) is 12.2 Å². The molecule has 3 nitrogen and oxygen atoms in total. The molecule has 3 heteroatoms. The van der Waals surface area contributed by atoms with Gasteiger partial charge in [-0.25, -0.2) is 0 Å². The standard InChI is InChI=1S/C13H24N2O/c1-10-7-13(9-14,8-11(2)16-10)15-12-5-3-4-6-12/h3-4,10-12,15H,5-9,14H2,1-2H3. The van der Waals surface area contributed by atoms with Crippen molar-refractivity contribution in [1.29, 1.82) is 0 Å². The molecule has 0 amide bonds. The fraction of sp³-hybridized carbons (Fsp3) is 0.846. The lowest BCUT2D eigenvalue weighted by Crippen LogP contribution is -2.60. The predicted molar refractivity (Wildman–Crippen MR) is 66.3 cm³/mol. The fourth-order valence-corrected chi connectivity index (χ4v) is 3.19. The van der Waals surface area contributed by atoms with Crippen LogP contribution in [0.5, 0.6) is 0 Å². The van der Waals surface area contributed by atoms with Gasteiger partial charge in [0.15, 0.2) is 0 Å². The summed E-state index contributed by atoms with van der Waals surface area (Å²) < 4.78 is 5.80. The average molecular weight is 224 g/mol. The normalized spacial score (nSPS) is 40.4. The molecule has 16 heavy (non-hydrogen) atoms. The van der Waals surface area contributed by atoms with Gasteiger partial charge in [-0.2, -0.15) is 0 Å². The first-order valence-corrected chi connectivity index (χ1v) is 6.42. The molecule has 3 N–H and O–H groups in total. The molecule has 92 valence electrons. The summed E-state index contributed by atoms with van der Waals surface area (Å²) in [7, 11) is 0. The molecule has 1 saturated heterocycles. The van der Waals surface area contributed by atoms with Crippen LogP contribution in [0.3, 0.4) is 0 Å². The molecule has 0 aromatic heterocycles. The van der Waals surface area contributed by atoms with Gasteiger partial charge in [0, 0.05) is 18.1 Å². The minimum absolute atomic E-state index is 0.0910. The number of ether oxygens (including phenoxy) is 1. The number of hydrogen-bond acceptors (Lipinski definition) is 3.